The van der Waals surface area contributed by atoms with E-state index in [0.717, 1.165) is 29.2 Å². The van der Waals surface area contributed by atoms with Crippen molar-refractivity contribution in [1.82, 2.24) is 9.55 Å². The van der Waals surface area contributed by atoms with Crippen LogP contribution in [-0.2, 0) is 6.54 Å². The molecular formula is C15H21N3O. The fourth-order valence-electron chi connectivity index (χ4n) is 3.07. The smallest absolute Gasteiger partial charge is 0.201 e. The molecule has 0 amide bonds. The monoisotopic (exact) mass is 259 g/mol. The van der Waals surface area contributed by atoms with E-state index in [0.29, 0.717) is 5.95 Å². The SMILES string of the molecule is COc1ccc2nc(N)n(CC3CCCCC3)c2c1. The highest BCUT2D eigenvalue weighted by Crippen LogP contribution is 2.29. The summed E-state index contributed by atoms with van der Waals surface area (Å²) in [6.45, 7) is 0.982. The van der Waals surface area contributed by atoms with Crippen molar-refractivity contribution >= 4 is 17.0 Å². The van der Waals surface area contributed by atoms with Gasteiger partial charge in [0.2, 0.25) is 5.95 Å². The molecule has 0 unspecified atom stereocenters. The van der Waals surface area contributed by atoms with Gasteiger partial charge in [0.1, 0.15) is 5.75 Å². The second kappa shape index (κ2) is 5.11. The van der Waals surface area contributed by atoms with Crippen LogP contribution in [0.3, 0.4) is 0 Å². The normalized spacial score (nSPS) is 16.9. The number of hydrogen-bond acceptors (Lipinski definition) is 3. The zero-order valence-corrected chi connectivity index (χ0v) is 11.4. The van der Waals surface area contributed by atoms with Crippen LogP contribution in [0.15, 0.2) is 18.2 Å². The zero-order valence-electron chi connectivity index (χ0n) is 11.4. The first-order valence-corrected chi connectivity index (χ1v) is 7.07. The molecule has 1 aliphatic rings. The molecule has 0 radical (unpaired) electrons. The highest BCUT2D eigenvalue weighted by Gasteiger charge is 2.17. The van der Waals surface area contributed by atoms with Crippen LogP contribution in [0.25, 0.3) is 11.0 Å². The van der Waals surface area contributed by atoms with Gasteiger partial charge in [0.25, 0.3) is 0 Å². The maximum Gasteiger partial charge on any atom is 0.201 e. The number of nitrogen functional groups attached to an aromatic ring is 1. The van der Waals surface area contributed by atoms with Gasteiger partial charge in [-0.1, -0.05) is 19.3 Å². The third kappa shape index (κ3) is 2.39. The van der Waals surface area contributed by atoms with Crippen molar-refractivity contribution in [2.24, 2.45) is 5.92 Å². The number of aromatic nitrogens is 2. The van der Waals surface area contributed by atoms with Crippen LogP contribution in [0, 0.1) is 5.92 Å². The molecule has 19 heavy (non-hydrogen) atoms. The quantitative estimate of drug-likeness (QED) is 0.920. The van der Waals surface area contributed by atoms with Crippen molar-refractivity contribution < 1.29 is 4.74 Å². The lowest BCUT2D eigenvalue weighted by Gasteiger charge is -2.22. The maximum atomic E-state index is 6.07. The fourth-order valence-corrected chi connectivity index (χ4v) is 3.07. The molecule has 0 aliphatic heterocycles. The van der Waals surface area contributed by atoms with E-state index in [-0.39, 0.29) is 0 Å². The van der Waals surface area contributed by atoms with Gasteiger partial charge in [0.15, 0.2) is 0 Å². The van der Waals surface area contributed by atoms with Crippen molar-refractivity contribution in [3.05, 3.63) is 18.2 Å². The average molecular weight is 259 g/mol. The molecule has 1 saturated carbocycles. The van der Waals surface area contributed by atoms with Gasteiger partial charge in [-0.3, -0.25) is 0 Å². The molecule has 1 aromatic carbocycles. The summed E-state index contributed by atoms with van der Waals surface area (Å²) >= 11 is 0. The summed E-state index contributed by atoms with van der Waals surface area (Å²) in [7, 11) is 1.69. The van der Waals surface area contributed by atoms with Crippen molar-refractivity contribution in [3.63, 3.8) is 0 Å². The lowest BCUT2D eigenvalue weighted by Crippen LogP contribution is -2.15. The van der Waals surface area contributed by atoms with Crippen LogP contribution < -0.4 is 10.5 Å². The summed E-state index contributed by atoms with van der Waals surface area (Å²) in [6, 6.07) is 5.93. The van der Waals surface area contributed by atoms with E-state index < -0.39 is 0 Å². The second-order valence-electron chi connectivity index (χ2n) is 5.44. The summed E-state index contributed by atoms with van der Waals surface area (Å²) in [5, 5.41) is 0. The molecule has 0 saturated heterocycles. The summed E-state index contributed by atoms with van der Waals surface area (Å²) in [5.74, 6) is 2.21. The third-order valence-corrected chi connectivity index (χ3v) is 4.15. The largest absolute Gasteiger partial charge is 0.497 e. The minimum absolute atomic E-state index is 0.619. The highest BCUT2D eigenvalue weighted by atomic mass is 16.5. The van der Waals surface area contributed by atoms with Crippen molar-refractivity contribution in [1.29, 1.82) is 0 Å². The van der Waals surface area contributed by atoms with Gasteiger partial charge in [-0.05, 0) is 30.9 Å². The van der Waals surface area contributed by atoms with Gasteiger partial charge in [-0.2, -0.15) is 0 Å². The minimum Gasteiger partial charge on any atom is -0.497 e. The van der Waals surface area contributed by atoms with Crippen LogP contribution in [0.4, 0.5) is 5.95 Å². The van der Waals surface area contributed by atoms with Crippen LogP contribution in [0.2, 0.25) is 0 Å². The Morgan fingerprint density at radius 2 is 2.11 bits per heavy atom. The average Bonchev–Trinajstić information content (AvgIpc) is 2.76. The standard InChI is InChI=1S/C15H21N3O/c1-19-12-7-8-13-14(9-12)18(15(16)17-13)10-11-5-3-2-4-6-11/h7-9,11H,2-6,10H2,1H3,(H2,16,17). The van der Waals surface area contributed by atoms with E-state index >= 15 is 0 Å². The van der Waals surface area contributed by atoms with Gasteiger partial charge in [-0.25, -0.2) is 4.98 Å². The molecule has 102 valence electrons. The van der Waals surface area contributed by atoms with Crippen molar-refractivity contribution in [3.8, 4) is 5.75 Å². The number of imidazole rings is 1. The second-order valence-corrected chi connectivity index (χ2v) is 5.44. The van der Waals surface area contributed by atoms with E-state index in [4.69, 9.17) is 10.5 Å². The number of nitrogens with two attached hydrogens (primary N) is 1. The van der Waals surface area contributed by atoms with Crippen LogP contribution in [0.1, 0.15) is 32.1 Å². The minimum atomic E-state index is 0.619. The predicted molar refractivity (Wildman–Crippen MR) is 77.3 cm³/mol. The Bertz CT molecular complexity index is 570. The first kappa shape index (κ1) is 12.3. The van der Waals surface area contributed by atoms with Gasteiger partial charge in [-0.15, -0.1) is 0 Å². The van der Waals surface area contributed by atoms with E-state index in [2.05, 4.69) is 9.55 Å². The Balaban J connectivity index is 1.94. The fraction of sp³-hybridized carbons (Fsp3) is 0.533. The highest BCUT2D eigenvalue weighted by molar-refractivity contribution is 5.79. The Hall–Kier alpha value is -1.71. The summed E-state index contributed by atoms with van der Waals surface area (Å²) < 4.78 is 7.44. The molecular weight excluding hydrogens is 238 g/mol. The van der Waals surface area contributed by atoms with Crippen molar-refractivity contribution in [2.75, 3.05) is 12.8 Å². The summed E-state index contributed by atoms with van der Waals surface area (Å²) in [5.41, 5.74) is 8.11. The number of anilines is 1. The van der Waals surface area contributed by atoms with Gasteiger partial charge >= 0.3 is 0 Å². The number of hydrogen-bond donors (Lipinski definition) is 1. The number of methoxy groups -OCH3 is 1. The number of rotatable bonds is 3. The topological polar surface area (TPSA) is 53.1 Å². The maximum absolute atomic E-state index is 6.07. The van der Waals surface area contributed by atoms with E-state index in [9.17, 15) is 0 Å². The molecule has 2 aromatic rings. The van der Waals surface area contributed by atoms with Crippen molar-refractivity contribution in [2.45, 2.75) is 38.6 Å². The molecule has 2 N–H and O–H groups in total. The molecule has 4 nitrogen and oxygen atoms in total. The van der Waals surface area contributed by atoms with E-state index in [1.165, 1.54) is 32.1 Å². The molecule has 3 rings (SSSR count). The molecule has 0 atom stereocenters. The number of ether oxygens (including phenoxy) is 1. The van der Waals surface area contributed by atoms with Crippen LogP contribution in [0.5, 0.6) is 5.75 Å². The molecule has 1 aromatic heterocycles. The molecule has 1 heterocycles. The molecule has 1 fully saturated rings. The predicted octanol–water partition coefficient (Wildman–Crippen LogP) is 3.21. The molecule has 1 aliphatic carbocycles. The first-order chi connectivity index (χ1) is 9.28. The van der Waals surface area contributed by atoms with E-state index in [1.54, 1.807) is 7.11 Å². The first-order valence-electron chi connectivity index (χ1n) is 7.07. The Kier molecular flexibility index (Phi) is 3.32. The number of fused-ring (bicyclic) bond motifs is 1. The van der Waals surface area contributed by atoms with Gasteiger partial charge in [0, 0.05) is 12.6 Å². The Labute approximate surface area is 113 Å². The lowest BCUT2D eigenvalue weighted by atomic mass is 9.89. The third-order valence-electron chi connectivity index (χ3n) is 4.15. The number of nitrogens with zero attached hydrogens (tertiary/aromatic N) is 2. The van der Waals surface area contributed by atoms with Gasteiger partial charge < -0.3 is 15.0 Å². The summed E-state index contributed by atoms with van der Waals surface area (Å²) in [4.78, 5) is 4.44. The summed E-state index contributed by atoms with van der Waals surface area (Å²) in [6.07, 6.45) is 6.69. The Morgan fingerprint density at radius 1 is 1.32 bits per heavy atom. The Morgan fingerprint density at radius 3 is 2.84 bits per heavy atom. The molecule has 4 heteroatoms. The van der Waals surface area contributed by atoms with E-state index in [1.807, 2.05) is 18.2 Å². The zero-order chi connectivity index (χ0) is 13.2. The lowest BCUT2D eigenvalue weighted by molar-refractivity contribution is 0.323. The molecule has 0 spiro atoms. The molecule has 0 bridgehead atoms. The van der Waals surface area contributed by atoms with Crippen LogP contribution in [-0.4, -0.2) is 16.7 Å². The number of benzene rings is 1. The van der Waals surface area contributed by atoms with Gasteiger partial charge in [0.05, 0.1) is 18.1 Å². The van der Waals surface area contributed by atoms with Crippen LogP contribution >= 0.6 is 0 Å².